The summed E-state index contributed by atoms with van der Waals surface area (Å²) in [6, 6.07) is 6.68. The highest BCUT2D eigenvalue weighted by Crippen LogP contribution is 2.40. The van der Waals surface area contributed by atoms with Crippen molar-refractivity contribution in [3.05, 3.63) is 29.8 Å². The van der Waals surface area contributed by atoms with Crippen molar-refractivity contribution in [3.63, 3.8) is 0 Å². The summed E-state index contributed by atoms with van der Waals surface area (Å²) in [7, 11) is 1.53. The number of nitrogens with zero attached hydrogens (tertiary/aromatic N) is 1. The van der Waals surface area contributed by atoms with Crippen LogP contribution in [0.3, 0.4) is 0 Å². The van der Waals surface area contributed by atoms with Crippen molar-refractivity contribution in [1.29, 1.82) is 0 Å². The lowest BCUT2D eigenvalue weighted by molar-refractivity contribution is -0.145. The Labute approximate surface area is 141 Å². The molecule has 1 atom stereocenters. The Bertz CT molecular complexity index is 637. The van der Waals surface area contributed by atoms with Gasteiger partial charge in [-0.05, 0) is 30.0 Å². The lowest BCUT2D eigenvalue weighted by Crippen LogP contribution is -2.40. The average molecular weight is 333 g/mol. The number of methoxy groups -OCH3 is 1. The molecule has 130 valence electrons. The number of aliphatic carboxylic acids is 1. The Morgan fingerprint density at radius 3 is 2.42 bits per heavy atom. The van der Waals surface area contributed by atoms with E-state index >= 15 is 0 Å². The molecule has 0 aromatic heterocycles. The molecule has 1 N–H and O–H groups in total. The fourth-order valence-corrected chi connectivity index (χ4v) is 3.05. The minimum absolute atomic E-state index is 0.109. The number of carbonyl (C=O) groups is 3. The summed E-state index contributed by atoms with van der Waals surface area (Å²) in [6.07, 6.45) is 0.188. The third kappa shape index (κ3) is 3.42. The Morgan fingerprint density at radius 1 is 1.29 bits per heavy atom. The van der Waals surface area contributed by atoms with E-state index in [9.17, 15) is 19.5 Å². The molecule has 0 saturated carbocycles. The quantitative estimate of drug-likeness (QED) is 0.774. The molecule has 1 fully saturated rings. The molecule has 1 aliphatic rings. The van der Waals surface area contributed by atoms with Gasteiger partial charge in [0.2, 0.25) is 11.8 Å². The number of amides is 2. The molecule has 1 aromatic carbocycles. The van der Waals surface area contributed by atoms with Crippen LogP contribution < -0.4 is 4.74 Å². The second-order valence-corrected chi connectivity index (χ2v) is 6.59. The van der Waals surface area contributed by atoms with E-state index in [2.05, 4.69) is 0 Å². The summed E-state index contributed by atoms with van der Waals surface area (Å²) in [6.45, 7) is 4.35. The second-order valence-electron chi connectivity index (χ2n) is 6.59. The molecule has 0 unspecified atom stereocenters. The zero-order valence-electron chi connectivity index (χ0n) is 14.2. The molecule has 1 saturated heterocycles. The van der Waals surface area contributed by atoms with Crippen LogP contribution >= 0.6 is 0 Å². The molecule has 1 aliphatic heterocycles. The zero-order chi connectivity index (χ0) is 17.9. The average Bonchev–Trinajstić information content (AvgIpc) is 2.76. The predicted octanol–water partition coefficient (Wildman–Crippen LogP) is 2.21. The maximum atomic E-state index is 13.0. The molecule has 1 heterocycles. The molecule has 2 amide bonds. The van der Waals surface area contributed by atoms with E-state index in [1.54, 1.807) is 24.3 Å². The van der Waals surface area contributed by atoms with Crippen molar-refractivity contribution in [2.75, 3.05) is 13.7 Å². The molecule has 6 nitrogen and oxygen atoms in total. The molecule has 0 radical (unpaired) electrons. The second kappa shape index (κ2) is 7.03. The molecule has 6 heteroatoms. The molecule has 0 aliphatic carbocycles. The minimum Gasteiger partial charge on any atom is -0.497 e. The van der Waals surface area contributed by atoms with Gasteiger partial charge in [0.25, 0.3) is 0 Å². The van der Waals surface area contributed by atoms with E-state index in [1.807, 2.05) is 13.8 Å². The van der Waals surface area contributed by atoms with Gasteiger partial charge in [-0.15, -0.1) is 0 Å². The van der Waals surface area contributed by atoms with Gasteiger partial charge >= 0.3 is 5.97 Å². The van der Waals surface area contributed by atoms with Crippen LogP contribution in [-0.2, 0) is 19.8 Å². The molecule has 2 rings (SSSR count). The van der Waals surface area contributed by atoms with Gasteiger partial charge in [-0.2, -0.15) is 0 Å². The SMILES string of the molecule is COc1ccc([C@@]2(CC(=O)O)CC(=O)N(CCC(C)C)C2=O)cc1. The van der Waals surface area contributed by atoms with Gasteiger partial charge in [-0.1, -0.05) is 26.0 Å². The first-order valence-electron chi connectivity index (χ1n) is 8.01. The maximum Gasteiger partial charge on any atom is 0.304 e. The molecule has 0 bridgehead atoms. The van der Waals surface area contributed by atoms with E-state index in [-0.39, 0.29) is 12.3 Å². The van der Waals surface area contributed by atoms with Crippen molar-refractivity contribution >= 4 is 17.8 Å². The van der Waals surface area contributed by atoms with Crippen molar-refractivity contribution in [2.24, 2.45) is 5.92 Å². The monoisotopic (exact) mass is 333 g/mol. The molecule has 24 heavy (non-hydrogen) atoms. The van der Waals surface area contributed by atoms with Gasteiger partial charge in [0.1, 0.15) is 5.75 Å². The number of hydrogen-bond acceptors (Lipinski definition) is 4. The fraction of sp³-hybridized carbons (Fsp3) is 0.500. The van der Waals surface area contributed by atoms with Gasteiger partial charge in [0.15, 0.2) is 0 Å². The molecule has 1 aromatic rings. The highest BCUT2D eigenvalue weighted by molar-refractivity contribution is 6.10. The van der Waals surface area contributed by atoms with E-state index in [0.717, 1.165) is 0 Å². The number of likely N-dealkylation sites (tertiary alicyclic amines) is 1. The van der Waals surface area contributed by atoms with Crippen LogP contribution in [0.25, 0.3) is 0 Å². The number of carboxylic acid groups (broad SMARTS) is 1. The fourth-order valence-electron chi connectivity index (χ4n) is 3.05. The molecular formula is C18H23NO5. The van der Waals surface area contributed by atoms with Gasteiger partial charge in [0, 0.05) is 13.0 Å². The van der Waals surface area contributed by atoms with Crippen molar-refractivity contribution in [1.82, 2.24) is 4.90 Å². The first-order chi connectivity index (χ1) is 11.3. The van der Waals surface area contributed by atoms with Crippen LogP contribution in [0.2, 0.25) is 0 Å². The lowest BCUT2D eigenvalue weighted by Gasteiger charge is -2.26. The summed E-state index contributed by atoms with van der Waals surface area (Å²) >= 11 is 0. The van der Waals surface area contributed by atoms with Crippen molar-refractivity contribution in [2.45, 2.75) is 38.5 Å². The Morgan fingerprint density at radius 2 is 1.92 bits per heavy atom. The van der Waals surface area contributed by atoms with Crippen molar-refractivity contribution < 1.29 is 24.2 Å². The van der Waals surface area contributed by atoms with Crippen LogP contribution in [0.4, 0.5) is 0 Å². The highest BCUT2D eigenvalue weighted by atomic mass is 16.5. The first-order valence-corrected chi connectivity index (χ1v) is 8.01. The van der Waals surface area contributed by atoms with Crippen LogP contribution in [0.5, 0.6) is 5.75 Å². The number of rotatable bonds is 7. The number of carboxylic acids is 1. The zero-order valence-corrected chi connectivity index (χ0v) is 14.2. The third-order valence-corrected chi connectivity index (χ3v) is 4.43. The largest absolute Gasteiger partial charge is 0.497 e. The number of hydrogen-bond donors (Lipinski definition) is 1. The Kier molecular flexibility index (Phi) is 5.26. The summed E-state index contributed by atoms with van der Waals surface area (Å²) in [4.78, 5) is 37.9. The summed E-state index contributed by atoms with van der Waals surface area (Å²) in [5.41, 5.74) is -0.789. The summed E-state index contributed by atoms with van der Waals surface area (Å²) in [5, 5.41) is 9.30. The van der Waals surface area contributed by atoms with Crippen LogP contribution in [0, 0.1) is 5.92 Å². The standard InChI is InChI=1S/C18H23NO5/c1-12(2)8-9-19-15(20)10-18(17(19)23,11-16(21)22)13-4-6-14(24-3)7-5-13/h4-7,12H,8-11H2,1-3H3,(H,21,22)/t18-/m0/s1. The highest BCUT2D eigenvalue weighted by Gasteiger charge is 2.53. The van der Waals surface area contributed by atoms with Gasteiger partial charge in [-0.3, -0.25) is 19.3 Å². The summed E-state index contributed by atoms with van der Waals surface area (Å²) in [5.74, 6) is -0.866. The normalized spacial score (nSPS) is 20.8. The topological polar surface area (TPSA) is 83.9 Å². The van der Waals surface area contributed by atoms with E-state index in [1.165, 1.54) is 12.0 Å². The van der Waals surface area contributed by atoms with Gasteiger partial charge < -0.3 is 9.84 Å². The number of carbonyl (C=O) groups excluding carboxylic acids is 2. The van der Waals surface area contributed by atoms with E-state index in [0.29, 0.717) is 30.2 Å². The summed E-state index contributed by atoms with van der Waals surface area (Å²) < 4.78 is 5.10. The lowest BCUT2D eigenvalue weighted by atomic mass is 9.76. The Balaban J connectivity index is 2.38. The predicted molar refractivity (Wildman–Crippen MR) is 87.7 cm³/mol. The number of ether oxygens (including phenoxy) is 1. The van der Waals surface area contributed by atoms with Gasteiger partial charge in [0.05, 0.1) is 18.9 Å². The van der Waals surface area contributed by atoms with Gasteiger partial charge in [-0.25, -0.2) is 0 Å². The van der Waals surface area contributed by atoms with Crippen molar-refractivity contribution in [3.8, 4) is 5.75 Å². The third-order valence-electron chi connectivity index (χ3n) is 4.43. The van der Waals surface area contributed by atoms with Crippen LogP contribution in [0.15, 0.2) is 24.3 Å². The molecular weight excluding hydrogens is 310 g/mol. The van der Waals surface area contributed by atoms with E-state index < -0.39 is 23.7 Å². The van der Waals surface area contributed by atoms with Crippen LogP contribution in [0.1, 0.15) is 38.7 Å². The minimum atomic E-state index is -1.33. The maximum absolute atomic E-state index is 13.0. The first kappa shape index (κ1) is 18.0. The number of benzene rings is 1. The van der Waals surface area contributed by atoms with E-state index in [4.69, 9.17) is 4.74 Å². The number of imide groups is 1. The van der Waals surface area contributed by atoms with Crippen LogP contribution in [-0.4, -0.2) is 41.4 Å². The molecule has 0 spiro atoms. The Hall–Kier alpha value is -2.37. The smallest absolute Gasteiger partial charge is 0.304 e.